The van der Waals surface area contributed by atoms with Crippen LogP contribution in [-0.2, 0) is 18.3 Å². The molecule has 1 fully saturated rings. The van der Waals surface area contributed by atoms with Crippen LogP contribution < -0.4 is 0 Å². The van der Waals surface area contributed by atoms with Crippen molar-refractivity contribution in [3.63, 3.8) is 0 Å². The Balaban J connectivity index is 1.82. The number of aliphatic hydroxyl groups excluding tert-OH is 1. The van der Waals surface area contributed by atoms with Gasteiger partial charge in [-0.1, -0.05) is 0 Å². The summed E-state index contributed by atoms with van der Waals surface area (Å²) in [6, 6.07) is 0. The van der Waals surface area contributed by atoms with Gasteiger partial charge in [-0.2, -0.15) is 5.10 Å². The number of aryl methyl sites for hydroxylation is 2. The Hall–Kier alpha value is -1.44. The van der Waals surface area contributed by atoms with Gasteiger partial charge in [0.1, 0.15) is 0 Å². The number of aliphatic hydroxyl groups is 1. The number of hydrogen-bond acceptors (Lipinski definition) is 5. The highest BCUT2D eigenvalue weighted by Gasteiger charge is 2.21. The molecule has 1 aromatic heterocycles. The van der Waals surface area contributed by atoms with Gasteiger partial charge in [-0.3, -0.25) is 14.4 Å². The standard InChI is InChI=1S/C17H31N5O2/c1-13-16(14(2)21(5)18-13)10-17(24)20(4)11-15(23)12-22-8-6-19(3)7-9-22/h15,23H,6-12H2,1-5H3. The Bertz CT molecular complexity index is 564. The Morgan fingerprint density at radius 3 is 2.42 bits per heavy atom. The maximum absolute atomic E-state index is 12.5. The summed E-state index contributed by atoms with van der Waals surface area (Å²) in [6.07, 6.45) is -0.179. The van der Waals surface area contributed by atoms with Gasteiger partial charge in [-0.15, -0.1) is 0 Å². The third-order valence-corrected chi connectivity index (χ3v) is 4.96. The number of rotatable bonds is 6. The van der Waals surface area contributed by atoms with Gasteiger partial charge >= 0.3 is 0 Å². The van der Waals surface area contributed by atoms with E-state index in [1.54, 1.807) is 16.6 Å². The number of likely N-dealkylation sites (N-methyl/N-ethyl adjacent to an activating group) is 2. The van der Waals surface area contributed by atoms with Gasteiger partial charge in [0.15, 0.2) is 0 Å². The summed E-state index contributed by atoms with van der Waals surface area (Å²) in [5.74, 6) is 0.0200. The molecule has 24 heavy (non-hydrogen) atoms. The van der Waals surface area contributed by atoms with Crippen molar-refractivity contribution in [3.05, 3.63) is 17.0 Å². The Kier molecular flexibility index (Phi) is 6.37. The second-order valence-electron chi connectivity index (χ2n) is 6.98. The molecule has 1 aromatic rings. The van der Waals surface area contributed by atoms with Crippen LogP contribution in [0.2, 0.25) is 0 Å². The molecule has 0 aromatic carbocycles. The first-order chi connectivity index (χ1) is 11.3. The number of piperazine rings is 1. The fourth-order valence-electron chi connectivity index (χ4n) is 3.16. The average molecular weight is 337 g/mol. The van der Waals surface area contributed by atoms with Crippen molar-refractivity contribution in [2.45, 2.75) is 26.4 Å². The zero-order chi connectivity index (χ0) is 17.9. The van der Waals surface area contributed by atoms with E-state index in [4.69, 9.17) is 0 Å². The lowest BCUT2D eigenvalue weighted by atomic mass is 10.1. The number of β-amino-alcohol motifs (C(OH)–C–C–N with tert-alkyl or cyclic N) is 1. The fourth-order valence-corrected chi connectivity index (χ4v) is 3.16. The molecule has 0 bridgehead atoms. The van der Waals surface area contributed by atoms with Crippen molar-refractivity contribution in [3.8, 4) is 0 Å². The summed E-state index contributed by atoms with van der Waals surface area (Å²) in [7, 11) is 5.76. The molecule has 7 heteroatoms. The van der Waals surface area contributed by atoms with Crippen LogP contribution in [0.1, 0.15) is 17.0 Å². The van der Waals surface area contributed by atoms with Crippen LogP contribution in [-0.4, -0.2) is 95.0 Å². The van der Waals surface area contributed by atoms with Gasteiger partial charge in [0, 0.05) is 64.6 Å². The molecule has 2 rings (SSSR count). The highest BCUT2D eigenvalue weighted by molar-refractivity contribution is 5.79. The fraction of sp³-hybridized carbons (Fsp3) is 0.765. The third-order valence-electron chi connectivity index (χ3n) is 4.96. The van der Waals surface area contributed by atoms with E-state index in [0.29, 0.717) is 19.5 Å². The van der Waals surface area contributed by atoms with Gasteiger partial charge in [0.05, 0.1) is 18.2 Å². The summed E-state index contributed by atoms with van der Waals surface area (Å²) in [6.45, 7) is 8.89. The molecule has 1 aliphatic heterocycles. The molecule has 0 aliphatic carbocycles. The molecule has 2 heterocycles. The van der Waals surface area contributed by atoms with Crippen molar-refractivity contribution in [1.82, 2.24) is 24.5 Å². The Labute approximate surface area is 144 Å². The van der Waals surface area contributed by atoms with Gasteiger partial charge < -0.3 is 14.9 Å². The lowest BCUT2D eigenvalue weighted by Gasteiger charge is -2.34. The first kappa shape index (κ1) is 18.9. The molecule has 0 spiro atoms. The van der Waals surface area contributed by atoms with E-state index in [1.807, 2.05) is 20.9 Å². The smallest absolute Gasteiger partial charge is 0.226 e. The predicted octanol–water partition coefficient (Wildman–Crippen LogP) is -0.354. The van der Waals surface area contributed by atoms with Gasteiger partial charge in [-0.05, 0) is 20.9 Å². The first-order valence-electron chi connectivity index (χ1n) is 8.60. The van der Waals surface area contributed by atoms with Crippen LogP contribution in [0.15, 0.2) is 0 Å². The van der Waals surface area contributed by atoms with Crippen LogP contribution in [0.25, 0.3) is 0 Å². The molecule has 1 aliphatic rings. The van der Waals surface area contributed by atoms with Crippen LogP contribution >= 0.6 is 0 Å². The Morgan fingerprint density at radius 1 is 1.25 bits per heavy atom. The van der Waals surface area contributed by atoms with Crippen molar-refractivity contribution in [2.75, 3.05) is 53.4 Å². The summed E-state index contributed by atoms with van der Waals surface area (Å²) < 4.78 is 1.81. The number of carbonyl (C=O) groups excluding carboxylic acids is 1. The minimum Gasteiger partial charge on any atom is -0.390 e. The molecule has 136 valence electrons. The molecule has 7 nitrogen and oxygen atoms in total. The van der Waals surface area contributed by atoms with Crippen LogP contribution in [0.4, 0.5) is 0 Å². The number of aromatic nitrogens is 2. The highest BCUT2D eigenvalue weighted by Crippen LogP contribution is 2.13. The number of carbonyl (C=O) groups is 1. The van der Waals surface area contributed by atoms with E-state index >= 15 is 0 Å². The Morgan fingerprint density at radius 2 is 1.88 bits per heavy atom. The van der Waals surface area contributed by atoms with E-state index in [2.05, 4.69) is 21.9 Å². The normalized spacial score (nSPS) is 17.9. The highest BCUT2D eigenvalue weighted by atomic mass is 16.3. The molecule has 1 unspecified atom stereocenters. The summed E-state index contributed by atoms with van der Waals surface area (Å²) in [5, 5.41) is 14.7. The minimum atomic E-state index is -0.515. The third kappa shape index (κ3) is 4.78. The lowest BCUT2D eigenvalue weighted by molar-refractivity contribution is -0.130. The second-order valence-corrected chi connectivity index (χ2v) is 6.98. The van der Waals surface area contributed by atoms with E-state index in [0.717, 1.165) is 43.1 Å². The summed E-state index contributed by atoms with van der Waals surface area (Å²) >= 11 is 0. The molecule has 0 radical (unpaired) electrons. The second kappa shape index (κ2) is 8.09. The monoisotopic (exact) mass is 337 g/mol. The average Bonchev–Trinajstić information content (AvgIpc) is 2.75. The van der Waals surface area contributed by atoms with Crippen LogP contribution in [0.5, 0.6) is 0 Å². The number of amides is 1. The molecular weight excluding hydrogens is 306 g/mol. The van der Waals surface area contributed by atoms with Crippen molar-refractivity contribution >= 4 is 5.91 Å². The largest absolute Gasteiger partial charge is 0.390 e. The van der Waals surface area contributed by atoms with Gasteiger partial charge in [0.2, 0.25) is 5.91 Å². The summed E-state index contributed by atoms with van der Waals surface area (Å²) in [5.41, 5.74) is 2.91. The molecule has 1 atom stereocenters. The van der Waals surface area contributed by atoms with Crippen LogP contribution in [0.3, 0.4) is 0 Å². The molecule has 1 N–H and O–H groups in total. The number of nitrogens with zero attached hydrogens (tertiary/aromatic N) is 5. The zero-order valence-electron chi connectivity index (χ0n) is 15.6. The SMILES string of the molecule is Cc1nn(C)c(C)c1CC(=O)N(C)CC(O)CN1CCN(C)CC1. The first-order valence-corrected chi connectivity index (χ1v) is 8.60. The van der Waals surface area contributed by atoms with Gasteiger partial charge in [-0.25, -0.2) is 0 Å². The molecular formula is C17H31N5O2. The molecule has 1 amide bonds. The quantitative estimate of drug-likeness (QED) is 0.768. The summed E-state index contributed by atoms with van der Waals surface area (Å²) in [4.78, 5) is 18.6. The molecule has 0 saturated carbocycles. The molecule has 1 saturated heterocycles. The zero-order valence-corrected chi connectivity index (χ0v) is 15.6. The van der Waals surface area contributed by atoms with E-state index in [-0.39, 0.29) is 5.91 Å². The maximum atomic E-state index is 12.5. The van der Waals surface area contributed by atoms with E-state index in [9.17, 15) is 9.90 Å². The minimum absolute atomic E-state index is 0.0200. The lowest BCUT2D eigenvalue weighted by Crippen LogP contribution is -2.49. The predicted molar refractivity (Wildman–Crippen MR) is 94.0 cm³/mol. The topological polar surface area (TPSA) is 64.8 Å². The van der Waals surface area contributed by atoms with Crippen molar-refractivity contribution in [1.29, 1.82) is 0 Å². The van der Waals surface area contributed by atoms with Gasteiger partial charge in [0.25, 0.3) is 0 Å². The van der Waals surface area contributed by atoms with Crippen molar-refractivity contribution in [2.24, 2.45) is 7.05 Å². The van der Waals surface area contributed by atoms with Crippen LogP contribution in [0, 0.1) is 13.8 Å². The van der Waals surface area contributed by atoms with Crippen molar-refractivity contribution < 1.29 is 9.90 Å². The van der Waals surface area contributed by atoms with E-state index in [1.165, 1.54) is 0 Å². The van der Waals surface area contributed by atoms with E-state index < -0.39 is 6.10 Å². The maximum Gasteiger partial charge on any atom is 0.226 e. The number of hydrogen-bond donors (Lipinski definition) is 1.